The van der Waals surface area contributed by atoms with Gasteiger partial charge in [0.1, 0.15) is 12.2 Å². The normalized spacial score (nSPS) is 18.0. The lowest BCUT2D eigenvalue weighted by molar-refractivity contribution is -0.312. The number of benzene rings is 2. The van der Waals surface area contributed by atoms with Crippen LogP contribution < -0.4 is 5.32 Å². The van der Waals surface area contributed by atoms with Crippen LogP contribution in [-0.2, 0) is 27.5 Å². The van der Waals surface area contributed by atoms with Gasteiger partial charge in [-0.2, -0.15) is 0 Å². The zero-order chi connectivity index (χ0) is 22.8. The molecule has 1 aliphatic rings. The van der Waals surface area contributed by atoms with Crippen LogP contribution in [0.2, 0.25) is 0 Å². The SMILES string of the molecule is CC(O)C(O)(OCc1ccccc1)[C@H](CCC(=O)N1CCNCC1)OCc1ccccc1. The minimum atomic E-state index is -1.96. The van der Waals surface area contributed by atoms with Crippen LogP contribution in [0.15, 0.2) is 60.7 Å². The predicted molar refractivity (Wildman–Crippen MR) is 122 cm³/mol. The molecule has 3 rings (SSSR count). The van der Waals surface area contributed by atoms with E-state index in [0.29, 0.717) is 13.1 Å². The van der Waals surface area contributed by atoms with E-state index < -0.39 is 18.0 Å². The molecule has 0 radical (unpaired) electrons. The first-order valence-electron chi connectivity index (χ1n) is 11.2. The van der Waals surface area contributed by atoms with Crippen LogP contribution in [0.3, 0.4) is 0 Å². The molecule has 1 fully saturated rings. The smallest absolute Gasteiger partial charge is 0.222 e. The highest BCUT2D eigenvalue weighted by Crippen LogP contribution is 2.27. The molecule has 1 aliphatic heterocycles. The van der Waals surface area contributed by atoms with Crippen molar-refractivity contribution < 1.29 is 24.5 Å². The van der Waals surface area contributed by atoms with Gasteiger partial charge in [0.2, 0.25) is 11.7 Å². The van der Waals surface area contributed by atoms with Gasteiger partial charge in [-0.3, -0.25) is 4.79 Å². The van der Waals surface area contributed by atoms with Crippen molar-refractivity contribution in [2.75, 3.05) is 26.2 Å². The number of piperazine rings is 1. The molecule has 1 amide bonds. The Bertz CT molecular complexity index is 812. The molecule has 32 heavy (non-hydrogen) atoms. The number of ether oxygens (including phenoxy) is 2. The van der Waals surface area contributed by atoms with Crippen molar-refractivity contribution in [2.45, 2.75) is 51.0 Å². The van der Waals surface area contributed by atoms with Crippen molar-refractivity contribution >= 4 is 5.91 Å². The van der Waals surface area contributed by atoms with Gasteiger partial charge >= 0.3 is 0 Å². The van der Waals surface area contributed by atoms with Gasteiger partial charge in [-0.05, 0) is 24.5 Å². The van der Waals surface area contributed by atoms with Crippen molar-refractivity contribution in [1.82, 2.24) is 10.2 Å². The van der Waals surface area contributed by atoms with Crippen LogP contribution in [0.25, 0.3) is 0 Å². The Hall–Kier alpha value is -2.29. The average molecular weight is 443 g/mol. The highest BCUT2D eigenvalue weighted by Gasteiger charge is 2.44. The standard InChI is InChI=1S/C25H34N2O5/c1-20(28)25(30,32-19-22-10-6-3-7-11-22)23(31-18-21-8-4-2-5-9-21)12-13-24(29)27-16-14-26-15-17-27/h2-11,20,23,26,28,30H,12-19H2,1H3/t20?,23-,25?/m0/s1. The molecule has 2 aromatic rings. The van der Waals surface area contributed by atoms with E-state index >= 15 is 0 Å². The Morgan fingerprint density at radius 3 is 2.16 bits per heavy atom. The van der Waals surface area contributed by atoms with Crippen LogP contribution in [0.5, 0.6) is 0 Å². The van der Waals surface area contributed by atoms with Crippen molar-refractivity contribution in [3.63, 3.8) is 0 Å². The van der Waals surface area contributed by atoms with Crippen molar-refractivity contribution in [3.8, 4) is 0 Å². The first-order valence-corrected chi connectivity index (χ1v) is 11.2. The molecule has 1 saturated heterocycles. The van der Waals surface area contributed by atoms with E-state index in [9.17, 15) is 15.0 Å². The fourth-order valence-electron chi connectivity index (χ4n) is 3.76. The molecular formula is C25H34N2O5. The Kier molecular flexibility index (Phi) is 9.20. The second-order valence-electron chi connectivity index (χ2n) is 8.16. The summed E-state index contributed by atoms with van der Waals surface area (Å²) in [6.45, 7) is 4.70. The van der Waals surface area contributed by atoms with Crippen LogP contribution >= 0.6 is 0 Å². The number of nitrogens with one attached hydrogen (secondary N) is 1. The summed E-state index contributed by atoms with van der Waals surface area (Å²) in [6.07, 6.45) is -1.69. The minimum Gasteiger partial charge on any atom is -0.388 e. The van der Waals surface area contributed by atoms with E-state index in [1.165, 1.54) is 6.92 Å². The van der Waals surface area contributed by atoms with Crippen LogP contribution in [-0.4, -0.2) is 65.2 Å². The predicted octanol–water partition coefficient (Wildman–Crippen LogP) is 2.07. The van der Waals surface area contributed by atoms with Gasteiger partial charge < -0.3 is 29.9 Å². The van der Waals surface area contributed by atoms with Crippen molar-refractivity contribution in [3.05, 3.63) is 71.8 Å². The number of rotatable bonds is 11. The third-order valence-corrected chi connectivity index (χ3v) is 5.76. The van der Waals surface area contributed by atoms with E-state index in [1.54, 1.807) is 0 Å². The third-order valence-electron chi connectivity index (χ3n) is 5.76. The highest BCUT2D eigenvalue weighted by atomic mass is 16.7. The Morgan fingerprint density at radius 1 is 1.03 bits per heavy atom. The summed E-state index contributed by atoms with van der Waals surface area (Å²) in [7, 11) is 0. The fourth-order valence-corrected chi connectivity index (χ4v) is 3.76. The molecule has 0 bridgehead atoms. The first kappa shape index (κ1) is 24.4. The van der Waals surface area contributed by atoms with Gasteiger partial charge in [-0.1, -0.05) is 60.7 Å². The third kappa shape index (κ3) is 6.85. The maximum absolute atomic E-state index is 12.7. The molecule has 2 unspecified atom stereocenters. The first-order chi connectivity index (χ1) is 15.5. The molecule has 7 heteroatoms. The summed E-state index contributed by atoms with van der Waals surface area (Å²) in [5, 5.41) is 25.1. The number of nitrogens with zero attached hydrogens (tertiary/aromatic N) is 1. The summed E-state index contributed by atoms with van der Waals surface area (Å²) >= 11 is 0. The largest absolute Gasteiger partial charge is 0.388 e. The summed E-state index contributed by atoms with van der Waals surface area (Å²) in [4.78, 5) is 14.5. The Morgan fingerprint density at radius 2 is 1.59 bits per heavy atom. The summed E-state index contributed by atoms with van der Waals surface area (Å²) in [5.41, 5.74) is 1.80. The lowest BCUT2D eigenvalue weighted by Gasteiger charge is -2.38. The fraction of sp³-hybridized carbons (Fsp3) is 0.480. The van der Waals surface area contributed by atoms with Gasteiger partial charge in [0.15, 0.2) is 0 Å². The summed E-state index contributed by atoms with van der Waals surface area (Å²) < 4.78 is 11.9. The summed E-state index contributed by atoms with van der Waals surface area (Å²) in [5.74, 6) is -1.95. The van der Waals surface area contributed by atoms with Gasteiger partial charge in [0.25, 0.3) is 0 Å². The Labute approximate surface area is 190 Å². The summed E-state index contributed by atoms with van der Waals surface area (Å²) in [6, 6.07) is 19.0. The van der Waals surface area contributed by atoms with Gasteiger partial charge in [0, 0.05) is 32.6 Å². The second-order valence-corrected chi connectivity index (χ2v) is 8.16. The topological polar surface area (TPSA) is 91.3 Å². The molecule has 0 aromatic heterocycles. The zero-order valence-corrected chi connectivity index (χ0v) is 18.7. The monoisotopic (exact) mass is 442 g/mol. The highest BCUT2D eigenvalue weighted by molar-refractivity contribution is 5.76. The maximum Gasteiger partial charge on any atom is 0.222 e. The quantitative estimate of drug-likeness (QED) is 0.462. The molecule has 0 saturated carbocycles. The molecule has 1 heterocycles. The molecule has 2 aromatic carbocycles. The Balaban J connectivity index is 1.71. The van der Waals surface area contributed by atoms with E-state index in [0.717, 1.165) is 24.2 Å². The number of carbonyl (C=O) groups excluding carboxylic acids is 1. The average Bonchev–Trinajstić information content (AvgIpc) is 2.84. The molecular weight excluding hydrogens is 408 g/mol. The van der Waals surface area contributed by atoms with Crippen LogP contribution in [0, 0.1) is 0 Å². The number of hydrogen-bond acceptors (Lipinski definition) is 6. The molecule has 3 atom stereocenters. The molecule has 0 spiro atoms. The van der Waals surface area contributed by atoms with Crippen molar-refractivity contribution in [1.29, 1.82) is 0 Å². The lowest BCUT2D eigenvalue weighted by atomic mass is 9.98. The molecule has 7 nitrogen and oxygen atoms in total. The van der Waals surface area contributed by atoms with E-state index in [2.05, 4.69) is 5.32 Å². The van der Waals surface area contributed by atoms with Gasteiger partial charge in [-0.15, -0.1) is 0 Å². The number of amides is 1. The van der Waals surface area contributed by atoms with Gasteiger partial charge in [0.05, 0.1) is 13.2 Å². The molecule has 0 aliphatic carbocycles. The van der Waals surface area contributed by atoms with E-state index in [-0.39, 0.29) is 32.0 Å². The minimum absolute atomic E-state index is 0.0100. The van der Waals surface area contributed by atoms with E-state index in [1.807, 2.05) is 65.6 Å². The van der Waals surface area contributed by atoms with Crippen LogP contribution in [0.1, 0.15) is 30.9 Å². The van der Waals surface area contributed by atoms with Gasteiger partial charge in [-0.25, -0.2) is 0 Å². The van der Waals surface area contributed by atoms with Crippen molar-refractivity contribution in [2.24, 2.45) is 0 Å². The molecule has 174 valence electrons. The number of aliphatic hydroxyl groups excluding tert-OH is 1. The number of aliphatic hydroxyl groups is 2. The maximum atomic E-state index is 12.7. The molecule has 3 N–H and O–H groups in total. The second kappa shape index (κ2) is 12.1. The number of hydrogen-bond donors (Lipinski definition) is 3. The van der Waals surface area contributed by atoms with Crippen LogP contribution in [0.4, 0.5) is 0 Å². The van der Waals surface area contributed by atoms with E-state index in [4.69, 9.17) is 9.47 Å². The lowest BCUT2D eigenvalue weighted by Crippen LogP contribution is -2.54. The number of carbonyl (C=O) groups is 1. The zero-order valence-electron chi connectivity index (χ0n) is 18.7.